The molecule has 0 bridgehead atoms. The minimum absolute atomic E-state index is 0.153. The number of hydrogen-bond donors (Lipinski definition) is 2. The fourth-order valence-electron chi connectivity index (χ4n) is 2.97. The van der Waals surface area contributed by atoms with Crippen molar-refractivity contribution in [3.05, 3.63) is 70.0 Å². The molecule has 1 aromatic heterocycles. The van der Waals surface area contributed by atoms with E-state index in [0.29, 0.717) is 23.1 Å². The standard InChI is InChI=1S/C18H15N5O4S/c24-17(21-14-7-8-27-15-4-2-1-3-12(14)15)13-9-11(23(25)26)5-6-16(13)28-18-19-10-20-22-18/h1-6,9-10,14H,7-8H2,(H,21,24)(H,19,20,22)/t14-/m0/s1. The Morgan fingerprint density at radius 2 is 2.18 bits per heavy atom. The molecule has 10 heteroatoms. The third kappa shape index (κ3) is 3.67. The summed E-state index contributed by atoms with van der Waals surface area (Å²) in [6, 6.07) is 11.4. The molecule has 4 rings (SSSR count). The molecular formula is C18H15N5O4S. The average Bonchev–Trinajstić information content (AvgIpc) is 3.21. The van der Waals surface area contributed by atoms with Crippen molar-refractivity contribution in [3.8, 4) is 5.75 Å². The number of para-hydroxylation sites is 1. The van der Waals surface area contributed by atoms with Crippen LogP contribution in [0.15, 0.2) is 58.8 Å². The van der Waals surface area contributed by atoms with Gasteiger partial charge in [-0.1, -0.05) is 18.2 Å². The number of ether oxygens (including phenoxy) is 1. The van der Waals surface area contributed by atoms with Crippen LogP contribution >= 0.6 is 11.8 Å². The summed E-state index contributed by atoms with van der Waals surface area (Å²) in [5.74, 6) is 0.335. The molecule has 0 saturated carbocycles. The fourth-order valence-corrected chi connectivity index (χ4v) is 3.78. The number of nitrogens with zero attached hydrogens (tertiary/aromatic N) is 3. The van der Waals surface area contributed by atoms with E-state index >= 15 is 0 Å². The maximum Gasteiger partial charge on any atom is 0.270 e. The van der Waals surface area contributed by atoms with Crippen molar-refractivity contribution in [2.24, 2.45) is 0 Å². The van der Waals surface area contributed by atoms with Crippen molar-refractivity contribution in [2.45, 2.75) is 22.5 Å². The van der Waals surface area contributed by atoms with E-state index in [9.17, 15) is 14.9 Å². The Morgan fingerprint density at radius 3 is 2.96 bits per heavy atom. The molecule has 0 saturated heterocycles. The van der Waals surface area contributed by atoms with E-state index in [-0.39, 0.29) is 17.3 Å². The van der Waals surface area contributed by atoms with Gasteiger partial charge in [-0.05, 0) is 23.9 Å². The topological polar surface area (TPSA) is 123 Å². The summed E-state index contributed by atoms with van der Waals surface area (Å²) >= 11 is 1.18. The van der Waals surface area contributed by atoms with Gasteiger partial charge in [-0.25, -0.2) is 4.98 Å². The Bertz CT molecular complexity index is 1020. The number of H-pyrrole nitrogens is 1. The molecule has 1 amide bonds. The summed E-state index contributed by atoms with van der Waals surface area (Å²) in [6.45, 7) is 0.483. The summed E-state index contributed by atoms with van der Waals surface area (Å²) in [5.41, 5.74) is 0.941. The number of carbonyl (C=O) groups excluding carboxylic acids is 1. The van der Waals surface area contributed by atoms with Crippen LogP contribution in [0.5, 0.6) is 5.75 Å². The summed E-state index contributed by atoms with van der Waals surface area (Å²) in [4.78, 5) is 28.2. The minimum atomic E-state index is -0.524. The summed E-state index contributed by atoms with van der Waals surface area (Å²) in [5, 5.41) is 21.1. The molecule has 28 heavy (non-hydrogen) atoms. The lowest BCUT2D eigenvalue weighted by atomic mass is 10.00. The van der Waals surface area contributed by atoms with Crippen LogP contribution in [0, 0.1) is 10.1 Å². The monoisotopic (exact) mass is 397 g/mol. The first kappa shape index (κ1) is 18.0. The Kier molecular flexibility index (Phi) is 4.94. The molecule has 3 aromatic rings. The van der Waals surface area contributed by atoms with E-state index in [0.717, 1.165) is 11.3 Å². The molecule has 0 aliphatic carbocycles. The second-order valence-corrected chi connectivity index (χ2v) is 7.06. The Balaban J connectivity index is 1.64. The Hall–Kier alpha value is -3.40. The average molecular weight is 397 g/mol. The third-order valence-electron chi connectivity index (χ3n) is 4.28. The van der Waals surface area contributed by atoms with Crippen LogP contribution in [-0.2, 0) is 0 Å². The van der Waals surface area contributed by atoms with Gasteiger partial charge in [0.1, 0.15) is 12.1 Å². The highest BCUT2D eigenvalue weighted by Gasteiger charge is 2.25. The molecule has 142 valence electrons. The van der Waals surface area contributed by atoms with E-state index in [1.807, 2.05) is 24.3 Å². The number of aromatic nitrogens is 3. The highest BCUT2D eigenvalue weighted by molar-refractivity contribution is 7.99. The molecule has 2 heterocycles. The molecule has 0 unspecified atom stereocenters. The number of carbonyl (C=O) groups is 1. The number of hydrogen-bond acceptors (Lipinski definition) is 7. The van der Waals surface area contributed by atoms with Gasteiger partial charge >= 0.3 is 0 Å². The number of fused-ring (bicyclic) bond motifs is 1. The van der Waals surface area contributed by atoms with E-state index in [1.165, 1.54) is 36.3 Å². The molecule has 1 aliphatic rings. The van der Waals surface area contributed by atoms with Gasteiger partial charge in [0.05, 0.1) is 23.1 Å². The molecule has 0 fully saturated rings. The predicted molar refractivity (Wildman–Crippen MR) is 100 cm³/mol. The van der Waals surface area contributed by atoms with Gasteiger partial charge in [-0.2, -0.15) is 5.10 Å². The van der Waals surface area contributed by atoms with Gasteiger partial charge in [0.2, 0.25) is 0 Å². The van der Waals surface area contributed by atoms with Gasteiger partial charge in [0.25, 0.3) is 11.6 Å². The lowest BCUT2D eigenvalue weighted by molar-refractivity contribution is -0.384. The summed E-state index contributed by atoms with van der Waals surface area (Å²) < 4.78 is 5.62. The summed E-state index contributed by atoms with van der Waals surface area (Å²) in [6.07, 6.45) is 1.97. The van der Waals surface area contributed by atoms with Crippen LogP contribution in [0.3, 0.4) is 0 Å². The normalized spacial score (nSPS) is 15.4. The number of nitro groups is 1. The van der Waals surface area contributed by atoms with E-state index < -0.39 is 10.8 Å². The second-order valence-electron chi connectivity index (χ2n) is 6.03. The van der Waals surface area contributed by atoms with Crippen molar-refractivity contribution < 1.29 is 14.5 Å². The first-order chi connectivity index (χ1) is 13.6. The third-order valence-corrected chi connectivity index (χ3v) is 5.25. The highest BCUT2D eigenvalue weighted by Crippen LogP contribution is 2.34. The number of amides is 1. The SMILES string of the molecule is O=C(N[C@H]1CCOc2ccccc21)c1cc([N+](=O)[O-])ccc1Sc1ncn[nH]1. The van der Waals surface area contributed by atoms with Crippen LogP contribution in [-0.4, -0.2) is 32.6 Å². The number of nitrogens with one attached hydrogen (secondary N) is 2. The zero-order valence-corrected chi connectivity index (χ0v) is 15.3. The van der Waals surface area contributed by atoms with Crippen molar-refractivity contribution in [3.63, 3.8) is 0 Å². The second kappa shape index (κ2) is 7.69. The van der Waals surface area contributed by atoms with Crippen LogP contribution in [0.4, 0.5) is 5.69 Å². The molecule has 0 spiro atoms. The van der Waals surface area contributed by atoms with Crippen LogP contribution in [0.2, 0.25) is 0 Å². The van der Waals surface area contributed by atoms with Crippen molar-refractivity contribution in [1.29, 1.82) is 0 Å². The maximum absolute atomic E-state index is 13.0. The minimum Gasteiger partial charge on any atom is -0.493 e. The fraction of sp³-hybridized carbons (Fsp3) is 0.167. The Morgan fingerprint density at radius 1 is 1.32 bits per heavy atom. The number of benzene rings is 2. The van der Waals surface area contributed by atoms with Gasteiger partial charge in [0.15, 0.2) is 5.16 Å². The molecular weight excluding hydrogens is 382 g/mol. The van der Waals surface area contributed by atoms with Gasteiger partial charge in [-0.15, -0.1) is 0 Å². The van der Waals surface area contributed by atoms with Gasteiger partial charge < -0.3 is 10.1 Å². The van der Waals surface area contributed by atoms with Gasteiger partial charge in [0, 0.05) is 29.0 Å². The molecule has 2 N–H and O–H groups in total. The lowest BCUT2D eigenvalue weighted by Gasteiger charge is -2.26. The molecule has 0 radical (unpaired) electrons. The molecule has 9 nitrogen and oxygen atoms in total. The smallest absolute Gasteiger partial charge is 0.270 e. The van der Waals surface area contributed by atoms with E-state index in [1.54, 1.807) is 0 Å². The molecule has 2 aromatic carbocycles. The zero-order chi connectivity index (χ0) is 19.5. The van der Waals surface area contributed by atoms with Crippen LogP contribution in [0.1, 0.15) is 28.4 Å². The number of aromatic amines is 1. The largest absolute Gasteiger partial charge is 0.493 e. The lowest BCUT2D eigenvalue weighted by Crippen LogP contribution is -2.32. The van der Waals surface area contributed by atoms with Crippen molar-refractivity contribution in [2.75, 3.05) is 6.61 Å². The van der Waals surface area contributed by atoms with E-state index in [4.69, 9.17) is 4.74 Å². The van der Waals surface area contributed by atoms with Gasteiger partial charge in [-0.3, -0.25) is 20.0 Å². The predicted octanol–water partition coefficient (Wildman–Crippen LogP) is 3.12. The first-order valence-electron chi connectivity index (χ1n) is 8.46. The molecule has 1 aliphatic heterocycles. The van der Waals surface area contributed by atoms with E-state index in [2.05, 4.69) is 20.5 Å². The van der Waals surface area contributed by atoms with Crippen molar-refractivity contribution in [1.82, 2.24) is 20.5 Å². The zero-order valence-electron chi connectivity index (χ0n) is 14.5. The molecule has 1 atom stereocenters. The summed E-state index contributed by atoms with van der Waals surface area (Å²) in [7, 11) is 0. The highest BCUT2D eigenvalue weighted by atomic mass is 32.2. The van der Waals surface area contributed by atoms with Crippen LogP contribution < -0.4 is 10.1 Å². The van der Waals surface area contributed by atoms with Crippen molar-refractivity contribution >= 4 is 23.4 Å². The quantitative estimate of drug-likeness (QED) is 0.501. The number of non-ortho nitro benzene ring substituents is 1. The number of nitro benzene ring substituents is 1. The number of rotatable bonds is 5. The maximum atomic E-state index is 13.0. The first-order valence-corrected chi connectivity index (χ1v) is 9.28. The Labute approximate surface area is 163 Å². The van der Waals surface area contributed by atoms with Crippen LogP contribution in [0.25, 0.3) is 0 Å².